The molecular weight excluding hydrogens is 221 g/mol. The number of rotatable bonds is 0. The first-order valence-corrected chi connectivity index (χ1v) is 3.18. The van der Waals surface area contributed by atoms with Crippen LogP contribution in [0.3, 0.4) is 0 Å². The molecule has 0 N–H and O–H groups in total. The summed E-state index contributed by atoms with van der Waals surface area (Å²) in [4.78, 5) is 10.5. The first kappa shape index (κ1) is 13.8. The average molecular weight is 225 g/mol. The fourth-order valence-electron chi connectivity index (χ4n) is 0.390. The Hall–Kier alpha value is 1.27. The van der Waals surface area contributed by atoms with E-state index in [0.29, 0.717) is 4.34 Å². The number of nitrogens with zero attached hydrogens (tertiary/aromatic N) is 1. The van der Waals surface area contributed by atoms with E-state index in [-0.39, 0.29) is 55.7 Å². The molecule has 0 aliphatic heterocycles. The zero-order valence-electron chi connectivity index (χ0n) is 5.30. The van der Waals surface area contributed by atoms with Crippen LogP contribution in [0, 0.1) is 0 Å². The van der Waals surface area contributed by atoms with Crippen molar-refractivity contribution in [1.82, 2.24) is 3.96 Å². The molecule has 0 radical (unpaired) electrons. The van der Waals surface area contributed by atoms with Gasteiger partial charge in [-0.1, -0.05) is 11.6 Å². The van der Waals surface area contributed by atoms with Crippen molar-refractivity contribution in [1.29, 1.82) is 0 Å². The first-order valence-electron chi connectivity index (χ1n) is 2.03. The smallest absolute Gasteiger partial charge is 1.00 e. The van der Waals surface area contributed by atoms with Crippen LogP contribution < -0.4 is 18.0 Å². The second kappa shape index (κ2) is 5.86. The Kier molecular flexibility index (Phi) is 8.11. The molecule has 52 valence electrons. The second-order valence-corrected chi connectivity index (χ2v) is 3.18. The third kappa shape index (κ3) is 3.60. The van der Waals surface area contributed by atoms with Crippen LogP contribution in [0.1, 0.15) is 0 Å². The normalized spacial score (nSPS) is 7.80. The van der Waals surface area contributed by atoms with E-state index in [1.807, 2.05) is 0 Å². The van der Waals surface area contributed by atoms with Crippen LogP contribution in [0.5, 0.6) is 0 Å². The standard InChI is InChI=1S/C4H4ClNOS.Ca.ClH/c1-6-4(7)2-3(5)8-6;;/h2H,1H3;;1H/q;+2;/p-1. The summed E-state index contributed by atoms with van der Waals surface area (Å²) in [6.07, 6.45) is 0. The minimum Gasteiger partial charge on any atom is -1.00 e. The zero-order valence-corrected chi connectivity index (χ0v) is 9.84. The van der Waals surface area contributed by atoms with Crippen LogP contribution >= 0.6 is 23.1 Å². The van der Waals surface area contributed by atoms with E-state index < -0.39 is 0 Å². The molecule has 0 unspecified atom stereocenters. The molecule has 10 heavy (non-hydrogen) atoms. The molecule has 1 rings (SSSR count). The molecular formula is C4H4CaCl2NOS+. The van der Waals surface area contributed by atoms with Crippen LogP contribution in [-0.2, 0) is 7.05 Å². The summed E-state index contributed by atoms with van der Waals surface area (Å²) >= 11 is 6.70. The summed E-state index contributed by atoms with van der Waals surface area (Å²) in [5.41, 5.74) is -0.0417. The minimum absolute atomic E-state index is 0. The summed E-state index contributed by atoms with van der Waals surface area (Å²) in [6, 6.07) is 1.40. The van der Waals surface area contributed by atoms with E-state index in [4.69, 9.17) is 11.6 Å². The van der Waals surface area contributed by atoms with Crippen LogP contribution in [0.25, 0.3) is 0 Å². The van der Waals surface area contributed by atoms with Crippen molar-refractivity contribution >= 4 is 60.9 Å². The topological polar surface area (TPSA) is 22.0 Å². The Balaban J connectivity index is 0. The minimum atomic E-state index is -0.0417. The van der Waals surface area contributed by atoms with E-state index >= 15 is 0 Å². The second-order valence-electron chi connectivity index (χ2n) is 1.38. The molecule has 0 aromatic carbocycles. The number of aryl methyl sites for hydroxylation is 1. The van der Waals surface area contributed by atoms with E-state index in [2.05, 4.69) is 0 Å². The van der Waals surface area contributed by atoms with Crippen LogP contribution in [0.15, 0.2) is 10.9 Å². The van der Waals surface area contributed by atoms with E-state index in [9.17, 15) is 4.79 Å². The van der Waals surface area contributed by atoms with Gasteiger partial charge in [-0.25, -0.2) is 0 Å². The molecule has 0 saturated heterocycles. The molecule has 0 saturated carbocycles. The van der Waals surface area contributed by atoms with Crippen molar-refractivity contribution in [2.24, 2.45) is 7.05 Å². The quantitative estimate of drug-likeness (QED) is 0.456. The number of hydrogen-bond acceptors (Lipinski definition) is 2. The van der Waals surface area contributed by atoms with Gasteiger partial charge in [-0.2, -0.15) is 0 Å². The van der Waals surface area contributed by atoms with Crippen LogP contribution in [-0.4, -0.2) is 41.7 Å². The maximum absolute atomic E-state index is 10.5. The number of hydrogen-bond donors (Lipinski definition) is 0. The van der Waals surface area contributed by atoms with Gasteiger partial charge in [0.25, 0.3) is 5.56 Å². The molecule has 0 bridgehead atoms. The van der Waals surface area contributed by atoms with Gasteiger partial charge in [0.1, 0.15) is 4.34 Å². The van der Waals surface area contributed by atoms with Gasteiger partial charge in [0, 0.05) is 13.1 Å². The Morgan fingerprint density at radius 3 is 2.30 bits per heavy atom. The molecule has 1 heterocycles. The van der Waals surface area contributed by atoms with E-state index in [1.165, 1.54) is 21.6 Å². The molecule has 0 amide bonds. The maximum atomic E-state index is 10.5. The van der Waals surface area contributed by atoms with E-state index in [0.717, 1.165) is 0 Å². The summed E-state index contributed by atoms with van der Waals surface area (Å²) in [5, 5.41) is 0. The Labute approximate surface area is 104 Å². The SMILES string of the molecule is Cn1sc(Cl)cc1=O.[Ca+2].[Cl-]. The van der Waals surface area contributed by atoms with Crippen LogP contribution in [0.4, 0.5) is 0 Å². The molecule has 0 atom stereocenters. The Morgan fingerprint density at radius 1 is 1.70 bits per heavy atom. The van der Waals surface area contributed by atoms with Crippen molar-refractivity contribution in [3.8, 4) is 0 Å². The van der Waals surface area contributed by atoms with Crippen molar-refractivity contribution < 1.29 is 12.4 Å². The molecule has 1 aromatic heterocycles. The van der Waals surface area contributed by atoms with Gasteiger partial charge >= 0.3 is 37.7 Å². The maximum Gasteiger partial charge on any atom is 2.00 e. The van der Waals surface area contributed by atoms with Crippen molar-refractivity contribution in [2.45, 2.75) is 0 Å². The number of halogens is 2. The monoisotopic (exact) mass is 224 g/mol. The Bertz CT molecular complexity index is 246. The summed E-state index contributed by atoms with van der Waals surface area (Å²) < 4.78 is 2.01. The molecule has 0 fully saturated rings. The molecule has 6 heteroatoms. The molecule has 1 aromatic rings. The van der Waals surface area contributed by atoms with E-state index in [1.54, 1.807) is 7.05 Å². The van der Waals surface area contributed by atoms with Crippen molar-refractivity contribution in [3.63, 3.8) is 0 Å². The summed E-state index contributed by atoms with van der Waals surface area (Å²) in [5.74, 6) is 0. The first-order chi connectivity index (χ1) is 3.70. The van der Waals surface area contributed by atoms with Gasteiger partial charge in [-0.05, 0) is 11.5 Å². The summed E-state index contributed by atoms with van der Waals surface area (Å²) in [6.45, 7) is 0. The molecule has 0 aliphatic carbocycles. The van der Waals surface area contributed by atoms with Gasteiger partial charge in [-0.15, -0.1) is 0 Å². The van der Waals surface area contributed by atoms with Crippen LogP contribution in [0.2, 0.25) is 4.34 Å². The zero-order chi connectivity index (χ0) is 6.15. The van der Waals surface area contributed by atoms with Gasteiger partial charge in [0.15, 0.2) is 0 Å². The van der Waals surface area contributed by atoms with Gasteiger partial charge in [0.2, 0.25) is 0 Å². The molecule has 2 nitrogen and oxygen atoms in total. The van der Waals surface area contributed by atoms with Gasteiger partial charge in [0.05, 0.1) is 0 Å². The fraction of sp³-hybridized carbons (Fsp3) is 0.250. The van der Waals surface area contributed by atoms with Crippen molar-refractivity contribution in [2.75, 3.05) is 0 Å². The van der Waals surface area contributed by atoms with Gasteiger partial charge < -0.3 is 12.4 Å². The number of aromatic nitrogens is 1. The third-order valence-electron chi connectivity index (χ3n) is 0.771. The fourth-order valence-corrected chi connectivity index (χ4v) is 1.35. The van der Waals surface area contributed by atoms with Gasteiger partial charge in [-0.3, -0.25) is 8.75 Å². The largest absolute Gasteiger partial charge is 2.00 e. The predicted molar refractivity (Wildman–Crippen MR) is 40.3 cm³/mol. The van der Waals surface area contributed by atoms with Crippen molar-refractivity contribution in [3.05, 3.63) is 20.8 Å². The molecule has 0 aliphatic rings. The third-order valence-corrected chi connectivity index (χ3v) is 1.83. The summed E-state index contributed by atoms with van der Waals surface area (Å²) in [7, 11) is 1.68. The molecule has 0 spiro atoms. The predicted octanol–water partition coefficient (Wildman–Crippen LogP) is -2.28. The Morgan fingerprint density at radius 2 is 2.20 bits per heavy atom. The average Bonchev–Trinajstić information content (AvgIpc) is 1.85.